The lowest BCUT2D eigenvalue weighted by atomic mass is 9.98. The maximum atomic E-state index is 12.7. The maximum Gasteiger partial charge on any atom is 0.243 e. The second kappa shape index (κ2) is 10.9. The van der Waals surface area contributed by atoms with E-state index in [2.05, 4.69) is 20.7 Å². The van der Waals surface area contributed by atoms with Gasteiger partial charge in [0.1, 0.15) is 0 Å². The molecule has 160 valence electrons. The number of hydrogen-bond donors (Lipinski definition) is 2. The van der Waals surface area contributed by atoms with Crippen molar-refractivity contribution in [1.29, 1.82) is 0 Å². The van der Waals surface area contributed by atoms with Crippen LogP contribution in [0.5, 0.6) is 0 Å². The Kier molecular flexibility index (Phi) is 8.90. The summed E-state index contributed by atoms with van der Waals surface area (Å²) in [5.74, 6) is 1.15. The van der Waals surface area contributed by atoms with Gasteiger partial charge >= 0.3 is 0 Å². The van der Waals surface area contributed by atoms with E-state index in [1.165, 1.54) is 0 Å². The van der Waals surface area contributed by atoms with E-state index in [9.17, 15) is 8.42 Å². The third kappa shape index (κ3) is 6.16. The second-order valence-corrected chi connectivity index (χ2v) is 8.85. The third-order valence-electron chi connectivity index (χ3n) is 5.10. The average molecular weight is 532 g/mol. The molecule has 0 amide bonds. The lowest BCUT2D eigenvalue weighted by Gasteiger charge is -2.31. The molecule has 0 bridgehead atoms. The van der Waals surface area contributed by atoms with Crippen molar-refractivity contribution in [2.75, 3.05) is 26.7 Å². The van der Waals surface area contributed by atoms with Crippen molar-refractivity contribution in [3.63, 3.8) is 0 Å². The fourth-order valence-electron chi connectivity index (χ4n) is 3.31. The van der Waals surface area contributed by atoms with Gasteiger partial charge in [0.15, 0.2) is 5.96 Å². The minimum absolute atomic E-state index is 0. The Labute approximate surface area is 189 Å². The van der Waals surface area contributed by atoms with Crippen molar-refractivity contribution < 1.29 is 8.42 Å². The molecule has 8 nitrogen and oxygen atoms in total. The van der Waals surface area contributed by atoms with E-state index >= 15 is 0 Å². The van der Waals surface area contributed by atoms with Crippen LogP contribution in [0.25, 0.3) is 0 Å². The lowest BCUT2D eigenvalue weighted by molar-refractivity contribution is 0.273. The van der Waals surface area contributed by atoms with Gasteiger partial charge in [-0.15, -0.1) is 24.0 Å². The number of nitrogens with zero attached hydrogens (tertiary/aromatic N) is 4. The summed E-state index contributed by atoms with van der Waals surface area (Å²) >= 11 is 0. The van der Waals surface area contributed by atoms with Crippen LogP contribution in [0.4, 0.5) is 0 Å². The van der Waals surface area contributed by atoms with Crippen LogP contribution in [0.1, 0.15) is 18.5 Å². The Balaban J connectivity index is 0.00000300. The first-order valence-electron chi connectivity index (χ1n) is 9.47. The molecule has 1 fully saturated rings. The quantitative estimate of drug-likeness (QED) is 0.337. The molecule has 2 N–H and O–H groups in total. The number of aromatic nitrogens is 2. The SMILES string of the molecule is CN=C(NCc1ccnn1C)NCC1CCN(S(=O)(=O)c2ccccc2)CC1.I. The molecule has 1 aliphatic rings. The van der Waals surface area contributed by atoms with E-state index in [-0.39, 0.29) is 24.0 Å². The molecule has 0 spiro atoms. The Bertz CT molecular complexity index is 892. The van der Waals surface area contributed by atoms with E-state index in [0.717, 1.165) is 31.0 Å². The monoisotopic (exact) mass is 532 g/mol. The van der Waals surface area contributed by atoms with Gasteiger partial charge < -0.3 is 10.6 Å². The molecule has 0 unspecified atom stereocenters. The van der Waals surface area contributed by atoms with Crippen LogP contribution in [0.15, 0.2) is 52.5 Å². The van der Waals surface area contributed by atoms with Gasteiger partial charge in [0.25, 0.3) is 0 Å². The van der Waals surface area contributed by atoms with Crippen molar-refractivity contribution in [2.24, 2.45) is 18.0 Å². The number of piperidine rings is 1. The predicted molar refractivity (Wildman–Crippen MR) is 125 cm³/mol. The topological polar surface area (TPSA) is 91.6 Å². The largest absolute Gasteiger partial charge is 0.356 e. The van der Waals surface area contributed by atoms with Gasteiger partial charge in [0, 0.05) is 39.9 Å². The smallest absolute Gasteiger partial charge is 0.243 e. The summed E-state index contributed by atoms with van der Waals surface area (Å²) in [7, 11) is 0.260. The predicted octanol–water partition coefficient (Wildman–Crippen LogP) is 1.80. The average Bonchev–Trinajstić information content (AvgIpc) is 3.14. The highest BCUT2D eigenvalue weighted by molar-refractivity contribution is 14.0. The summed E-state index contributed by atoms with van der Waals surface area (Å²) in [4.78, 5) is 4.62. The number of aryl methyl sites for hydroxylation is 1. The summed E-state index contributed by atoms with van der Waals surface area (Å²) in [5, 5.41) is 10.8. The second-order valence-electron chi connectivity index (χ2n) is 6.91. The van der Waals surface area contributed by atoms with E-state index < -0.39 is 10.0 Å². The summed E-state index contributed by atoms with van der Waals surface area (Å²) in [5.41, 5.74) is 1.07. The molecule has 3 rings (SSSR count). The minimum Gasteiger partial charge on any atom is -0.356 e. The number of aliphatic imine (C=N–C) groups is 1. The molecule has 0 aliphatic carbocycles. The van der Waals surface area contributed by atoms with Crippen LogP contribution in [-0.4, -0.2) is 55.1 Å². The molecule has 1 saturated heterocycles. The molecule has 1 aliphatic heterocycles. The summed E-state index contributed by atoms with van der Waals surface area (Å²) in [6.07, 6.45) is 3.43. The van der Waals surface area contributed by atoms with E-state index in [4.69, 9.17) is 0 Å². The van der Waals surface area contributed by atoms with Crippen LogP contribution in [-0.2, 0) is 23.6 Å². The van der Waals surface area contributed by atoms with Crippen molar-refractivity contribution >= 4 is 40.0 Å². The molecule has 10 heteroatoms. The number of guanidine groups is 1. The zero-order chi connectivity index (χ0) is 20.0. The molecule has 0 saturated carbocycles. The number of hydrogen-bond acceptors (Lipinski definition) is 4. The third-order valence-corrected chi connectivity index (χ3v) is 7.01. The molecular formula is C19H29IN6O2S. The standard InChI is InChI=1S/C19H28N6O2S.HI/c1-20-19(22-15-17-8-11-23-24(17)2)21-14-16-9-12-25(13-10-16)28(26,27)18-6-4-3-5-7-18;/h3-8,11,16H,9-10,12-15H2,1-2H3,(H2,20,21,22);1H. The van der Waals surface area contributed by atoms with Gasteiger partial charge in [-0.25, -0.2) is 8.42 Å². The first kappa shape index (κ1) is 23.6. The van der Waals surface area contributed by atoms with E-state index in [1.807, 2.05) is 23.9 Å². The molecule has 0 radical (unpaired) electrons. The Morgan fingerprint density at radius 1 is 1.17 bits per heavy atom. The van der Waals surface area contributed by atoms with E-state index in [1.54, 1.807) is 41.8 Å². The van der Waals surface area contributed by atoms with Crippen LogP contribution >= 0.6 is 24.0 Å². The van der Waals surface area contributed by atoms with Crippen molar-refractivity contribution in [3.05, 3.63) is 48.3 Å². The molecule has 2 heterocycles. The zero-order valence-electron chi connectivity index (χ0n) is 16.8. The van der Waals surface area contributed by atoms with Crippen molar-refractivity contribution in [2.45, 2.75) is 24.3 Å². The summed E-state index contributed by atoms with van der Waals surface area (Å²) in [6, 6.07) is 10.6. The summed E-state index contributed by atoms with van der Waals surface area (Å²) in [6.45, 7) is 2.50. The van der Waals surface area contributed by atoms with Crippen LogP contribution in [0.3, 0.4) is 0 Å². The number of halogens is 1. The highest BCUT2D eigenvalue weighted by Gasteiger charge is 2.29. The van der Waals surface area contributed by atoms with Gasteiger partial charge in [-0.3, -0.25) is 9.67 Å². The zero-order valence-corrected chi connectivity index (χ0v) is 19.9. The molecular weight excluding hydrogens is 503 g/mol. The molecule has 2 aromatic rings. The maximum absolute atomic E-state index is 12.7. The fourth-order valence-corrected chi connectivity index (χ4v) is 4.80. The summed E-state index contributed by atoms with van der Waals surface area (Å²) < 4.78 is 28.8. The molecule has 0 atom stereocenters. The number of nitrogens with one attached hydrogen (secondary N) is 2. The van der Waals surface area contributed by atoms with Crippen molar-refractivity contribution in [3.8, 4) is 0 Å². The van der Waals surface area contributed by atoms with Gasteiger partial charge in [0.05, 0.1) is 17.1 Å². The van der Waals surface area contributed by atoms with E-state index in [0.29, 0.717) is 30.4 Å². The lowest BCUT2D eigenvalue weighted by Crippen LogP contribution is -2.44. The number of benzene rings is 1. The number of rotatable bonds is 6. The molecule has 29 heavy (non-hydrogen) atoms. The van der Waals surface area contributed by atoms with Gasteiger partial charge in [-0.1, -0.05) is 18.2 Å². The molecule has 1 aromatic heterocycles. The first-order valence-corrected chi connectivity index (χ1v) is 10.9. The normalized spacial score (nSPS) is 16.3. The van der Waals surface area contributed by atoms with Crippen molar-refractivity contribution in [1.82, 2.24) is 24.7 Å². The van der Waals surface area contributed by atoms with Crippen LogP contribution in [0, 0.1) is 5.92 Å². The fraction of sp³-hybridized carbons (Fsp3) is 0.474. The van der Waals surface area contributed by atoms with Crippen LogP contribution < -0.4 is 10.6 Å². The Morgan fingerprint density at radius 2 is 1.86 bits per heavy atom. The van der Waals surface area contributed by atoms with Gasteiger partial charge in [0.2, 0.25) is 10.0 Å². The minimum atomic E-state index is -3.39. The van der Waals surface area contributed by atoms with Gasteiger partial charge in [-0.2, -0.15) is 9.40 Å². The highest BCUT2D eigenvalue weighted by Crippen LogP contribution is 2.23. The highest BCUT2D eigenvalue weighted by atomic mass is 127. The van der Waals surface area contributed by atoms with Crippen LogP contribution in [0.2, 0.25) is 0 Å². The molecule has 1 aromatic carbocycles. The Hall–Kier alpha value is -1.66. The first-order chi connectivity index (χ1) is 13.5. The number of sulfonamides is 1. The van der Waals surface area contributed by atoms with Gasteiger partial charge in [-0.05, 0) is 37.0 Å². The Morgan fingerprint density at radius 3 is 2.45 bits per heavy atom.